The van der Waals surface area contributed by atoms with Gasteiger partial charge in [-0.2, -0.15) is 0 Å². The summed E-state index contributed by atoms with van der Waals surface area (Å²) in [5.41, 5.74) is 1.91. The van der Waals surface area contributed by atoms with E-state index in [2.05, 4.69) is 10.6 Å². The number of amides is 2. The van der Waals surface area contributed by atoms with Crippen molar-refractivity contribution in [2.75, 3.05) is 5.32 Å². The van der Waals surface area contributed by atoms with Crippen LogP contribution in [0.2, 0.25) is 0 Å². The summed E-state index contributed by atoms with van der Waals surface area (Å²) in [6.07, 6.45) is 7.14. The number of rotatable bonds is 5. The van der Waals surface area contributed by atoms with E-state index in [-0.39, 0.29) is 6.03 Å². The highest BCUT2D eigenvalue weighted by Crippen LogP contribution is 2.19. The minimum atomic E-state index is -0.121. The Morgan fingerprint density at radius 1 is 0.920 bits per heavy atom. The van der Waals surface area contributed by atoms with Crippen LogP contribution < -0.4 is 15.4 Å². The maximum Gasteiger partial charge on any atom is 0.319 e. The van der Waals surface area contributed by atoms with Crippen LogP contribution in [-0.2, 0) is 6.61 Å². The first kappa shape index (κ1) is 17.3. The standard InChI is InChI=1S/C21H26N2O2/c24-21(22-18-10-6-1-2-7-11-18)23-19-12-14-20(15-13-19)25-16-17-8-4-3-5-9-17/h3-5,8-9,12-15,18H,1-2,6-7,10-11,16H2,(H2,22,23,24). The first-order valence-electron chi connectivity index (χ1n) is 9.14. The lowest BCUT2D eigenvalue weighted by Crippen LogP contribution is -2.37. The average Bonchev–Trinajstić information content (AvgIpc) is 2.90. The van der Waals surface area contributed by atoms with E-state index in [9.17, 15) is 4.79 Å². The number of ether oxygens (including phenoxy) is 1. The molecule has 1 saturated carbocycles. The fourth-order valence-electron chi connectivity index (χ4n) is 3.15. The molecule has 2 N–H and O–H groups in total. The van der Waals surface area contributed by atoms with Crippen LogP contribution in [0.5, 0.6) is 5.75 Å². The van der Waals surface area contributed by atoms with E-state index in [1.165, 1.54) is 25.7 Å². The van der Waals surface area contributed by atoms with Crippen LogP contribution in [-0.4, -0.2) is 12.1 Å². The predicted molar refractivity (Wildman–Crippen MR) is 101 cm³/mol. The van der Waals surface area contributed by atoms with Crippen molar-refractivity contribution < 1.29 is 9.53 Å². The summed E-state index contributed by atoms with van der Waals surface area (Å²) in [7, 11) is 0. The quantitative estimate of drug-likeness (QED) is 0.744. The summed E-state index contributed by atoms with van der Waals surface area (Å²) in [5, 5.41) is 5.99. The van der Waals surface area contributed by atoms with E-state index in [1.54, 1.807) is 0 Å². The van der Waals surface area contributed by atoms with Crippen molar-refractivity contribution in [3.05, 3.63) is 60.2 Å². The zero-order valence-corrected chi connectivity index (χ0v) is 14.5. The van der Waals surface area contributed by atoms with Gasteiger partial charge in [-0.3, -0.25) is 0 Å². The van der Waals surface area contributed by atoms with Crippen LogP contribution in [0.1, 0.15) is 44.1 Å². The molecule has 0 saturated heterocycles. The van der Waals surface area contributed by atoms with Gasteiger partial charge in [0.15, 0.2) is 0 Å². The van der Waals surface area contributed by atoms with E-state index >= 15 is 0 Å². The molecule has 2 aromatic rings. The van der Waals surface area contributed by atoms with Crippen LogP contribution in [0.25, 0.3) is 0 Å². The molecule has 0 unspecified atom stereocenters. The first-order chi connectivity index (χ1) is 12.3. The largest absolute Gasteiger partial charge is 0.489 e. The molecular formula is C21H26N2O2. The van der Waals surface area contributed by atoms with Gasteiger partial charge in [0.25, 0.3) is 0 Å². The summed E-state index contributed by atoms with van der Waals surface area (Å²) in [4.78, 5) is 12.1. The van der Waals surface area contributed by atoms with Gasteiger partial charge < -0.3 is 15.4 Å². The van der Waals surface area contributed by atoms with Crippen LogP contribution in [0.15, 0.2) is 54.6 Å². The summed E-state index contributed by atoms with van der Waals surface area (Å²) in [6, 6.07) is 17.7. The van der Waals surface area contributed by atoms with Gasteiger partial charge in [0.1, 0.15) is 12.4 Å². The highest BCUT2D eigenvalue weighted by Gasteiger charge is 2.14. The molecule has 2 amide bonds. The van der Waals surface area contributed by atoms with Gasteiger partial charge in [0, 0.05) is 11.7 Å². The monoisotopic (exact) mass is 338 g/mol. The van der Waals surface area contributed by atoms with Crippen molar-refractivity contribution in [2.45, 2.75) is 51.2 Å². The molecule has 0 bridgehead atoms. The molecule has 0 spiro atoms. The molecule has 2 aromatic carbocycles. The third-order valence-corrected chi connectivity index (χ3v) is 4.55. The summed E-state index contributed by atoms with van der Waals surface area (Å²) >= 11 is 0. The van der Waals surface area contributed by atoms with Crippen molar-refractivity contribution in [1.82, 2.24) is 5.32 Å². The second-order valence-corrected chi connectivity index (χ2v) is 6.59. The molecule has 4 heteroatoms. The zero-order valence-electron chi connectivity index (χ0n) is 14.5. The summed E-state index contributed by atoms with van der Waals surface area (Å²) in [5.74, 6) is 0.790. The molecule has 1 fully saturated rings. The molecule has 3 rings (SSSR count). The fourth-order valence-corrected chi connectivity index (χ4v) is 3.15. The molecule has 1 aliphatic carbocycles. The van der Waals surface area contributed by atoms with Gasteiger partial charge >= 0.3 is 6.03 Å². The summed E-state index contributed by atoms with van der Waals surface area (Å²) in [6.45, 7) is 0.537. The predicted octanol–water partition coefficient (Wildman–Crippen LogP) is 5.11. The number of hydrogen-bond acceptors (Lipinski definition) is 2. The SMILES string of the molecule is O=C(Nc1ccc(OCc2ccccc2)cc1)NC1CCCCCC1. The second kappa shape index (κ2) is 9.11. The highest BCUT2D eigenvalue weighted by molar-refractivity contribution is 5.89. The second-order valence-electron chi connectivity index (χ2n) is 6.59. The van der Waals surface area contributed by atoms with Gasteiger partial charge in [-0.25, -0.2) is 4.79 Å². The average molecular weight is 338 g/mol. The maximum atomic E-state index is 12.1. The minimum Gasteiger partial charge on any atom is -0.489 e. The number of urea groups is 1. The Bertz CT molecular complexity index is 647. The molecule has 1 aliphatic rings. The number of carbonyl (C=O) groups is 1. The highest BCUT2D eigenvalue weighted by atomic mass is 16.5. The molecule has 0 radical (unpaired) electrons. The number of nitrogens with one attached hydrogen (secondary N) is 2. The van der Waals surface area contributed by atoms with E-state index < -0.39 is 0 Å². The van der Waals surface area contributed by atoms with E-state index in [0.29, 0.717) is 12.6 Å². The molecule has 0 heterocycles. The zero-order chi connectivity index (χ0) is 17.3. The lowest BCUT2D eigenvalue weighted by atomic mass is 10.1. The molecule has 0 aromatic heterocycles. The van der Waals surface area contributed by atoms with Gasteiger partial charge in [-0.1, -0.05) is 56.0 Å². The molecule has 25 heavy (non-hydrogen) atoms. The molecule has 132 valence electrons. The molecular weight excluding hydrogens is 312 g/mol. The minimum absolute atomic E-state index is 0.121. The van der Waals surface area contributed by atoms with E-state index in [1.807, 2.05) is 54.6 Å². The van der Waals surface area contributed by atoms with Gasteiger partial charge in [-0.05, 0) is 42.7 Å². The third-order valence-electron chi connectivity index (χ3n) is 4.55. The van der Waals surface area contributed by atoms with Crippen molar-refractivity contribution >= 4 is 11.7 Å². The van der Waals surface area contributed by atoms with E-state index in [4.69, 9.17) is 4.74 Å². The fraction of sp³-hybridized carbons (Fsp3) is 0.381. The van der Waals surface area contributed by atoms with Crippen LogP contribution >= 0.6 is 0 Å². The smallest absolute Gasteiger partial charge is 0.319 e. The molecule has 0 atom stereocenters. The lowest BCUT2D eigenvalue weighted by Gasteiger charge is -2.17. The van der Waals surface area contributed by atoms with Crippen molar-refractivity contribution in [3.63, 3.8) is 0 Å². The topological polar surface area (TPSA) is 50.4 Å². The van der Waals surface area contributed by atoms with Gasteiger partial charge in [0.2, 0.25) is 0 Å². The van der Waals surface area contributed by atoms with Crippen molar-refractivity contribution in [1.29, 1.82) is 0 Å². The van der Waals surface area contributed by atoms with E-state index in [0.717, 1.165) is 29.8 Å². The number of hydrogen-bond donors (Lipinski definition) is 2. The first-order valence-corrected chi connectivity index (χ1v) is 9.14. The van der Waals surface area contributed by atoms with Crippen LogP contribution in [0.3, 0.4) is 0 Å². The Labute approximate surface area is 149 Å². The molecule has 4 nitrogen and oxygen atoms in total. The Morgan fingerprint density at radius 3 is 2.28 bits per heavy atom. The van der Waals surface area contributed by atoms with Crippen LogP contribution in [0.4, 0.5) is 10.5 Å². The Balaban J connectivity index is 1.46. The van der Waals surface area contributed by atoms with Gasteiger partial charge in [0.05, 0.1) is 0 Å². The summed E-state index contributed by atoms with van der Waals surface area (Å²) < 4.78 is 5.76. The third kappa shape index (κ3) is 5.82. The Kier molecular flexibility index (Phi) is 6.32. The lowest BCUT2D eigenvalue weighted by molar-refractivity contribution is 0.247. The normalized spacial score (nSPS) is 15.2. The van der Waals surface area contributed by atoms with Gasteiger partial charge in [-0.15, -0.1) is 0 Å². The van der Waals surface area contributed by atoms with Crippen molar-refractivity contribution in [2.24, 2.45) is 0 Å². The number of benzene rings is 2. The number of anilines is 1. The maximum absolute atomic E-state index is 12.1. The Morgan fingerprint density at radius 2 is 1.60 bits per heavy atom. The Hall–Kier alpha value is -2.49. The number of carbonyl (C=O) groups excluding carboxylic acids is 1. The van der Waals surface area contributed by atoms with Crippen molar-refractivity contribution in [3.8, 4) is 5.75 Å². The molecule has 0 aliphatic heterocycles. The van der Waals surface area contributed by atoms with Crippen LogP contribution in [0, 0.1) is 0 Å².